The van der Waals surface area contributed by atoms with Gasteiger partial charge in [0.25, 0.3) is 0 Å². The second-order valence-corrected chi connectivity index (χ2v) is 8.43. The lowest BCUT2D eigenvalue weighted by Crippen LogP contribution is -2.45. The third kappa shape index (κ3) is 4.96. The van der Waals surface area contributed by atoms with Gasteiger partial charge in [-0.2, -0.15) is 0 Å². The van der Waals surface area contributed by atoms with Crippen LogP contribution in [0.15, 0.2) is 42.6 Å². The summed E-state index contributed by atoms with van der Waals surface area (Å²) in [6.45, 7) is 2.38. The van der Waals surface area contributed by atoms with Gasteiger partial charge in [-0.3, -0.25) is 14.6 Å². The van der Waals surface area contributed by atoms with Crippen LogP contribution in [-0.4, -0.2) is 52.8 Å². The Kier molecular flexibility index (Phi) is 6.14. The number of pyridine rings is 1. The number of amides is 2. The zero-order valence-corrected chi connectivity index (χ0v) is 17.3. The van der Waals surface area contributed by atoms with Crippen LogP contribution in [0.1, 0.15) is 48.4 Å². The van der Waals surface area contributed by atoms with Gasteiger partial charge < -0.3 is 9.80 Å². The van der Waals surface area contributed by atoms with Crippen LogP contribution in [0.5, 0.6) is 0 Å². The van der Waals surface area contributed by atoms with Gasteiger partial charge in [0, 0.05) is 48.9 Å². The van der Waals surface area contributed by atoms with Crippen molar-refractivity contribution in [2.24, 2.45) is 0 Å². The Labute approximate surface area is 176 Å². The quantitative estimate of drug-likeness (QED) is 0.754. The smallest absolute Gasteiger partial charge is 0.242 e. The topological polar surface area (TPSA) is 53.5 Å². The van der Waals surface area contributed by atoms with Crippen molar-refractivity contribution in [2.45, 2.75) is 38.0 Å². The molecule has 2 fully saturated rings. The average Bonchev–Trinajstić information content (AvgIpc) is 3.15. The van der Waals surface area contributed by atoms with E-state index in [1.54, 1.807) is 4.90 Å². The zero-order valence-electron chi connectivity index (χ0n) is 16.5. The molecule has 2 saturated heterocycles. The van der Waals surface area contributed by atoms with E-state index in [1.165, 1.54) is 5.56 Å². The fraction of sp³-hybridized carbons (Fsp3) is 0.435. The van der Waals surface area contributed by atoms with E-state index in [9.17, 15) is 9.59 Å². The number of rotatable bonds is 5. The summed E-state index contributed by atoms with van der Waals surface area (Å²) in [4.78, 5) is 32.7. The highest BCUT2D eigenvalue weighted by Crippen LogP contribution is 2.26. The number of nitrogens with zero attached hydrogens (tertiary/aromatic N) is 3. The summed E-state index contributed by atoms with van der Waals surface area (Å²) in [5.41, 5.74) is 3.40. The summed E-state index contributed by atoms with van der Waals surface area (Å²) in [6.07, 6.45) is 6.20. The van der Waals surface area contributed by atoms with Crippen LogP contribution >= 0.6 is 11.6 Å². The number of aromatic nitrogens is 1. The van der Waals surface area contributed by atoms with Crippen molar-refractivity contribution in [2.75, 3.05) is 26.2 Å². The monoisotopic (exact) mass is 411 g/mol. The van der Waals surface area contributed by atoms with Crippen LogP contribution in [0.4, 0.5) is 0 Å². The molecule has 1 aromatic carbocycles. The van der Waals surface area contributed by atoms with Crippen molar-refractivity contribution in [3.63, 3.8) is 0 Å². The number of benzene rings is 1. The molecule has 2 aliphatic heterocycles. The molecule has 1 aromatic heterocycles. The highest BCUT2D eigenvalue weighted by Gasteiger charge is 2.29. The number of carbonyl (C=O) groups excluding carboxylic acids is 2. The van der Waals surface area contributed by atoms with Gasteiger partial charge >= 0.3 is 0 Å². The average molecular weight is 412 g/mol. The molecular weight excluding hydrogens is 386 g/mol. The van der Waals surface area contributed by atoms with E-state index in [0.29, 0.717) is 19.5 Å². The summed E-state index contributed by atoms with van der Waals surface area (Å²) in [6, 6.07) is 12.1. The molecule has 0 saturated carbocycles. The SMILES string of the molecule is O=C1CCCN1CC(=O)N1CCC[C@@H](c2ccc(Cc3ccc(Cl)cc3)cn2)C1. The Balaban J connectivity index is 1.35. The largest absolute Gasteiger partial charge is 0.340 e. The van der Waals surface area contributed by atoms with E-state index < -0.39 is 0 Å². The van der Waals surface area contributed by atoms with Gasteiger partial charge in [-0.05, 0) is 55.0 Å². The lowest BCUT2D eigenvalue weighted by atomic mass is 9.93. The van der Waals surface area contributed by atoms with Crippen molar-refractivity contribution >= 4 is 23.4 Å². The molecule has 0 bridgehead atoms. The maximum atomic E-state index is 12.7. The normalized spacial score (nSPS) is 19.6. The molecule has 4 rings (SSSR count). The number of piperidine rings is 1. The number of hydrogen-bond acceptors (Lipinski definition) is 3. The third-order valence-electron chi connectivity index (χ3n) is 5.86. The zero-order chi connectivity index (χ0) is 20.2. The highest BCUT2D eigenvalue weighted by molar-refractivity contribution is 6.30. The third-order valence-corrected chi connectivity index (χ3v) is 6.11. The fourth-order valence-corrected chi connectivity index (χ4v) is 4.33. The molecule has 0 aliphatic carbocycles. The maximum absolute atomic E-state index is 12.7. The minimum absolute atomic E-state index is 0.0595. The lowest BCUT2D eigenvalue weighted by molar-refractivity contribution is -0.139. The van der Waals surface area contributed by atoms with Crippen LogP contribution in [-0.2, 0) is 16.0 Å². The molecule has 0 N–H and O–H groups in total. The van der Waals surface area contributed by atoms with Crippen molar-refractivity contribution in [3.8, 4) is 0 Å². The Morgan fingerprint density at radius 3 is 2.55 bits per heavy atom. The molecule has 29 heavy (non-hydrogen) atoms. The number of halogens is 1. The van der Waals surface area contributed by atoms with Crippen LogP contribution in [0.25, 0.3) is 0 Å². The Morgan fingerprint density at radius 1 is 1.07 bits per heavy atom. The molecule has 2 aromatic rings. The predicted molar refractivity (Wildman–Crippen MR) is 113 cm³/mol. The van der Waals surface area contributed by atoms with Gasteiger partial charge in [0.1, 0.15) is 0 Å². The Hall–Kier alpha value is -2.40. The Bertz CT molecular complexity index is 867. The van der Waals surface area contributed by atoms with Crippen LogP contribution in [0, 0.1) is 0 Å². The molecule has 6 heteroatoms. The molecule has 152 valence electrons. The fourth-order valence-electron chi connectivity index (χ4n) is 4.20. The number of hydrogen-bond donors (Lipinski definition) is 0. The molecule has 3 heterocycles. The summed E-state index contributed by atoms with van der Waals surface area (Å²) >= 11 is 5.95. The van der Waals surface area contributed by atoms with E-state index in [1.807, 2.05) is 35.4 Å². The molecule has 2 amide bonds. The first-order chi connectivity index (χ1) is 14.1. The number of carbonyl (C=O) groups is 2. The van der Waals surface area contributed by atoms with Crippen molar-refractivity contribution in [1.82, 2.24) is 14.8 Å². The summed E-state index contributed by atoms with van der Waals surface area (Å²) in [7, 11) is 0. The van der Waals surface area contributed by atoms with Gasteiger partial charge in [-0.25, -0.2) is 0 Å². The van der Waals surface area contributed by atoms with E-state index >= 15 is 0 Å². The molecule has 0 unspecified atom stereocenters. The molecule has 2 aliphatic rings. The van der Waals surface area contributed by atoms with E-state index in [-0.39, 0.29) is 24.3 Å². The van der Waals surface area contributed by atoms with Gasteiger partial charge in [0.2, 0.25) is 11.8 Å². The van der Waals surface area contributed by atoms with E-state index in [4.69, 9.17) is 16.6 Å². The molecule has 0 radical (unpaired) electrons. The maximum Gasteiger partial charge on any atom is 0.242 e. The van der Waals surface area contributed by atoms with Crippen LogP contribution < -0.4 is 0 Å². The Morgan fingerprint density at radius 2 is 1.86 bits per heavy atom. The van der Waals surface area contributed by atoms with Crippen molar-refractivity contribution in [3.05, 3.63) is 64.4 Å². The van der Waals surface area contributed by atoms with Gasteiger partial charge in [-0.15, -0.1) is 0 Å². The molecular formula is C23H26ClN3O2. The van der Waals surface area contributed by atoms with Crippen molar-refractivity contribution in [1.29, 1.82) is 0 Å². The minimum Gasteiger partial charge on any atom is -0.340 e. The first-order valence-corrected chi connectivity index (χ1v) is 10.7. The highest BCUT2D eigenvalue weighted by atomic mass is 35.5. The van der Waals surface area contributed by atoms with Gasteiger partial charge in [-0.1, -0.05) is 29.8 Å². The first-order valence-electron chi connectivity index (χ1n) is 10.3. The van der Waals surface area contributed by atoms with E-state index in [0.717, 1.165) is 48.5 Å². The molecule has 1 atom stereocenters. The van der Waals surface area contributed by atoms with Crippen molar-refractivity contribution < 1.29 is 9.59 Å². The minimum atomic E-state index is 0.0595. The second kappa shape index (κ2) is 8.95. The van der Waals surface area contributed by atoms with Crippen LogP contribution in [0.2, 0.25) is 5.02 Å². The first kappa shape index (κ1) is 19.9. The number of likely N-dealkylation sites (tertiary alicyclic amines) is 2. The van der Waals surface area contributed by atoms with Gasteiger partial charge in [0.15, 0.2) is 0 Å². The standard InChI is InChI=1S/C23H26ClN3O2/c24-20-8-5-17(6-9-20)13-18-7-10-21(25-14-18)19-3-1-11-26(15-19)23(29)16-27-12-2-4-22(27)28/h5-10,14,19H,1-4,11-13,15-16H2/t19-/m1/s1. The molecule has 5 nitrogen and oxygen atoms in total. The van der Waals surface area contributed by atoms with Crippen LogP contribution in [0.3, 0.4) is 0 Å². The summed E-state index contributed by atoms with van der Waals surface area (Å²) in [5, 5.41) is 0.743. The summed E-state index contributed by atoms with van der Waals surface area (Å²) < 4.78 is 0. The summed E-state index contributed by atoms with van der Waals surface area (Å²) in [5.74, 6) is 0.417. The predicted octanol–water partition coefficient (Wildman–Crippen LogP) is 3.65. The second-order valence-electron chi connectivity index (χ2n) is 7.99. The molecule has 0 spiro atoms. The van der Waals surface area contributed by atoms with E-state index in [2.05, 4.69) is 12.1 Å². The lowest BCUT2D eigenvalue weighted by Gasteiger charge is -2.33. The van der Waals surface area contributed by atoms with Gasteiger partial charge in [0.05, 0.1) is 6.54 Å².